The van der Waals surface area contributed by atoms with Crippen LogP contribution in [0.5, 0.6) is 0 Å². The predicted molar refractivity (Wildman–Crippen MR) is 125 cm³/mol. The molecule has 0 unspecified atom stereocenters. The van der Waals surface area contributed by atoms with Crippen LogP contribution in [-0.4, -0.2) is 24.6 Å². The SMILES string of the molecule is CC(C)(C)c1ccc(N2CC=C[C]=C2NCc2ccncc2)cc1C1=CCNCC1. The van der Waals surface area contributed by atoms with Crippen LogP contribution in [0.1, 0.15) is 43.9 Å². The molecule has 0 saturated carbocycles. The van der Waals surface area contributed by atoms with E-state index in [1.54, 1.807) is 0 Å². The second kappa shape index (κ2) is 8.88. The third kappa shape index (κ3) is 4.65. The summed E-state index contributed by atoms with van der Waals surface area (Å²) in [4.78, 5) is 6.41. The van der Waals surface area contributed by atoms with Crippen LogP contribution in [0.2, 0.25) is 0 Å². The summed E-state index contributed by atoms with van der Waals surface area (Å²) in [6.07, 6.45) is 14.6. The minimum atomic E-state index is 0.103. The van der Waals surface area contributed by atoms with E-state index in [-0.39, 0.29) is 5.41 Å². The lowest BCUT2D eigenvalue weighted by Crippen LogP contribution is -2.33. The van der Waals surface area contributed by atoms with Gasteiger partial charge in [-0.2, -0.15) is 0 Å². The quantitative estimate of drug-likeness (QED) is 0.773. The molecule has 1 radical (unpaired) electrons. The van der Waals surface area contributed by atoms with Crippen molar-refractivity contribution in [2.75, 3.05) is 24.5 Å². The van der Waals surface area contributed by atoms with Gasteiger partial charge in [0.05, 0.1) is 0 Å². The Hall–Kier alpha value is -2.85. The number of nitrogens with one attached hydrogen (secondary N) is 2. The molecule has 155 valence electrons. The molecule has 0 saturated heterocycles. The zero-order valence-corrected chi connectivity index (χ0v) is 18.2. The molecule has 2 N–H and O–H groups in total. The molecular weight excluding hydrogens is 368 g/mol. The maximum Gasteiger partial charge on any atom is 0.115 e. The van der Waals surface area contributed by atoms with E-state index in [1.807, 2.05) is 30.6 Å². The van der Waals surface area contributed by atoms with Crippen LogP contribution < -0.4 is 15.5 Å². The number of hydrogen-bond donors (Lipinski definition) is 2. The first-order valence-electron chi connectivity index (χ1n) is 10.8. The first kappa shape index (κ1) is 20.4. The molecule has 1 aromatic heterocycles. The summed E-state index contributed by atoms with van der Waals surface area (Å²) in [5.41, 5.74) is 6.75. The molecule has 1 aromatic carbocycles. The number of benzene rings is 1. The number of nitrogens with zero attached hydrogens (tertiary/aromatic N) is 2. The highest BCUT2D eigenvalue weighted by atomic mass is 15.2. The van der Waals surface area contributed by atoms with Crippen LogP contribution >= 0.6 is 0 Å². The number of anilines is 1. The van der Waals surface area contributed by atoms with Gasteiger partial charge in [0.25, 0.3) is 0 Å². The Kier molecular flexibility index (Phi) is 6.05. The van der Waals surface area contributed by atoms with Gasteiger partial charge in [-0.05, 0) is 64.9 Å². The third-order valence-corrected chi connectivity index (χ3v) is 5.64. The van der Waals surface area contributed by atoms with Gasteiger partial charge in [-0.15, -0.1) is 0 Å². The van der Waals surface area contributed by atoms with Crippen LogP contribution in [0, 0.1) is 6.08 Å². The molecule has 4 rings (SSSR count). The van der Waals surface area contributed by atoms with Crippen molar-refractivity contribution in [1.82, 2.24) is 15.6 Å². The lowest BCUT2D eigenvalue weighted by Gasteiger charge is -2.32. The first-order chi connectivity index (χ1) is 14.5. The molecule has 3 heterocycles. The zero-order valence-electron chi connectivity index (χ0n) is 18.2. The Balaban J connectivity index is 1.64. The fraction of sp³-hybridized carbons (Fsp3) is 0.346. The summed E-state index contributed by atoms with van der Waals surface area (Å²) >= 11 is 0. The van der Waals surface area contributed by atoms with Crippen LogP contribution in [0.25, 0.3) is 5.57 Å². The van der Waals surface area contributed by atoms with Crippen molar-refractivity contribution < 1.29 is 0 Å². The van der Waals surface area contributed by atoms with Gasteiger partial charge in [-0.25, -0.2) is 0 Å². The van der Waals surface area contributed by atoms with E-state index in [0.29, 0.717) is 0 Å². The molecule has 0 fully saturated rings. The Labute approximate surface area is 180 Å². The van der Waals surface area contributed by atoms with Crippen molar-refractivity contribution in [2.24, 2.45) is 0 Å². The number of pyridine rings is 1. The molecule has 30 heavy (non-hydrogen) atoms. The van der Waals surface area contributed by atoms with Gasteiger partial charge in [0.1, 0.15) is 5.82 Å². The smallest absolute Gasteiger partial charge is 0.115 e. The number of aromatic nitrogens is 1. The highest BCUT2D eigenvalue weighted by Crippen LogP contribution is 2.35. The molecule has 0 spiro atoms. The normalized spacial score (nSPS) is 16.8. The Morgan fingerprint density at radius 3 is 2.73 bits per heavy atom. The summed E-state index contributed by atoms with van der Waals surface area (Å²) in [5, 5.41) is 6.99. The summed E-state index contributed by atoms with van der Waals surface area (Å²) in [6.45, 7) is 10.5. The van der Waals surface area contributed by atoms with Crippen LogP contribution in [0.4, 0.5) is 5.69 Å². The predicted octanol–water partition coefficient (Wildman–Crippen LogP) is 4.57. The van der Waals surface area contributed by atoms with Crippen molar-refractivity contribution in [3.63, 3.8) is 0 Å². The standard InChI is InChI=1S/C26H31N4/c1-26(2,3)24-8-7-22(18-23(24)21-11-15-28-16-12-21)30-17-5-4-6-25(30)29-19-20-9-13-27-14-10-20/h4-5,7-11,13-14,18,28-29H,12,15-17,19H2,1-3H3. The van der Waals surface area contributed by atoms with E-state index >= 15 is 0 Å². The topological polar surface area (TPSA) is 40.2 Å². The number of hydrogen-bond acceptors (Lipinski definition) is 4. The first-order valence-corrected chi connectivity index (χ1v) is 10.8. The van der Waals surface area contributed by atoms with Crippen molar-refractivity contribution in [3.05, 3.63) is 89.5 Å². The maximum absolute atomic E-state index is 4.10. The average molecular weight is 400 g/mol. The molecule has 0 aliphatic carbocycles. The number of allylic oxidation sites excluding steroid dienone is 2. The minimum Gasteiger partial charge on any atom is -0.367 e. The highest BCUT2D eigenvalue weighted by Gasteiger charge is 2.23. The van der Waals surface area contributed by atoms with Crippen LogP contribution in [-0.2, 0) is 12.0 Å². The second-order valence-corrected chi connectivity index (χ2v) is 8.88. The van der Waals surface area contributed by atoms with E-state index < -0.39 is 0 Å². The van der Waals surface area contributed by atoms with E-state index in [2.05, 4.69) is 77.7 Å². The molecule has 2 aliphatic rings. The maximum atomic E-state index is 4.10. The highest BCUT2D eigenvalue weighted by molar-refractivity contribution is 5.74. The Morgan fingerprint density at radius 1 is 1.17 bits per heavy atom. The van der Waals surface area contributed by atoms with Crippen LogP contribution in [0.15, 0.2) is 66.8 Å². The van der Waals surface area contributed by atoms with Gasteiger partial charge in [0.2, 0.25) is 0 Å². The van der Waals surface area contributed by atoms with Crippen molar-refractivity contribution >= 4 is 11.3 Å². The summed E-state index contributed by atoms with van der Waals surface area (Å²) in [7, 11) is 0. The van der Waals surface area contributed by atoms with Crippen LogP contribution in [0.3, 0.4) is 0 Å². The van der Waals surface area contributed by atoms with Crippen molar-refractivity contribution in [1.29, 1.82) is 0 Å². The molecule has 2 aromatic rings. The van der Waals surface area contributed by atoms with Gasteiger partial charge in [0, 0.05) is 43.8 Å². The summed E-state index contributed by atoms with van der Waals surface area (Å²) in [6, 6.07) is 11.0. The lowest BCUT2D eigenvalue weighted by atomic mass is 9.80. The molecule has 0 atom stereocenters. The van der Waals surface area contributed by atoms with Crippen molar-refractivity contribution in [2.45, 2.75) is 39.2 Å². The van der Waals surface area contributed by atoms with Gasteiger partial charge in [-0.3, -0.25) is 4.98 Å². The van der Waals surface area contributed by atoms with E-state index in [9.17, 15) is 0 Å². The monoisotopic (exact) mass is 399 g/mol. The van der Waals surface area contributed by atoms with Gasteiger partial charge in [-0.1, -0.05) is 45.1 Å². The number of rotatable bonds is 5. The molecular formula is C26H31N4. The van der Waals surface area contributed by atoms with E-state index in [4.69, 9.17) is 0 Å². The second-order valence-electron chi connectivity index (χ2n) is 8.88. The van der Waals surface area contributed by atoms with Gasteiger partial charge in [0.15, 0.2) is 0 Å². The molecule has 0 amide bonds. The molecule has 4 heteroatoms. The lowest BCUT2D eigenvalue weighted by molar-refractivity contribution is 0.587. The fourth-order valence-corrected chi connectivity index (χ4v) is 4.02. The molecule has 0 bridgehead atoms. The summed E-state index contributed by atoms with van der Waals surface area (Å²) in [5.74, 6) is 1.00. The van der Waals surface area contributed by atoms with Gasteiger partial charge < -0.3 is 15.5 Å². The summed E-state index contributed by atoms with van der Waals surface area (Å²) < 4.78 is 0. The molecule has 4 nitrogen and oxygen atoms in total. The third-order valence-electron chi connectivity index (χ3n) is 5.64. The fourth-order valence-electron chi connectivity index (χ4n) is 4.02. The van der Waals surface area contributed by atoms with Gasteiger partial charge >= 0.3 is 0 Å². The molecule has 2 aliphatic heterocycles. The van der Waals surface area contributed by atoms with Crippen molar-refractivity contribution in [3.8, 4) is 0 Å². The Bertz CT molecular complexity index is 964. The van der Waals surface area contributed by atoms with E-state index in [1.165, 1.54) is 28.0 Å². The minimum absolute atomic E-state index is 0.103. The largest absolute Gasteiger partial charge is 0.367 e. The van der Waals surface area contributed by atoms with E-state index in [0.717, 1.165) is 38.4 Å². The average Bonchev–Trinajstić information content (AvgIpc) is 2.78. The zero-order chi connectivity index (χ0) is 21.0. The Morgan fingerprint density at radius 2 is 2.00 bits per heavy atom.